The molecule has 62 heavy (non-hydrogen) atoms. The Kier molecular flexibility index (Phi) is 13.8. The minimum atomic E-state index is 1.01. The van der Waals surface area contributed by atoms with Crippen molar-refractivity contribution in [2.24, 2.45) is 0 Å². The van der Waals surface area contributed by atoms with E-state index in [4.69, 9.17) is 4.98 Å². The lowest BCUT2D eigenvalue weighted by Gasteiger charge is -2.17. The molecule has 0 N–H and O–H groups in total. The summed E-state index contributed by atoms with van der Waals surface area (Å²) in [6, 6.07) is 66.2. The molecule has 0 atom stereocenters. The van der Waals surface area contributed by atoms with Crippen LogP contribution in [0.5, 0.6) is 0 Å². The van der Waals surface area contributed by atoms with Gasteiger partial charge in [0.05, 0.1) is 11.4 Å². The lowest BCUT2D eigenvalue weighted by atomic mass is 9.88. The SMILES string of the molecule is Cc1cc(-c2ccccc2)cc(-c2cccc(C)c2-c2cc(-c3ccccc3)ccc2C)n1.Cc1ccccc1.Cc1ccccc1-c1c(C)ccc(-c2ncccc2C)c1C. The summed E-state index contributed by atoms with van der Waals surface area (Å²) >= 11 is 0. The van der Waals surface area contributed by atoms with Gasteiger partial charge in [-0.3, -0.25) is 9.97 Å². The highest BCUT2D eigenvalue weighted by atomic mass is 14.7. The number of nitrogens with zero attached hydrogens (tertiary/aromatic N) is 2. The molecule has 306 valence electrons. The summed E-state index contributed by atoms with van der Waals surface area (Å²) in [5, 5.41) is 0. The zero-order valence-electron chi connectivity index (χ0n) is 37.4. The second kappa shape index (κ2) is 19.9. The molecule has 2 aromatic heterocycles. The fourth-order valence-corrected chi connectivity index (χ4v) is 8.22. The van der Waals surface area contributed by atoms with Crippen LogP contribution in [0.1, 0.15) is 44.6 Å². The molecular weight excluding hydrogens is 749 g/mol. The molecule has 0 saturated carbocycles. The van der Waals surface area contributed by atoms with E-state index < -0.39 is 0 Å². The monoisotopic (exact) mass is 804 g/mol. The highest BCUT2D eigenvalue weighted by Crippen LogP contribution is 2.39. The van der Waals surface area contributed by atoms with Gasteiger partial charge in [0, 0.05) is 23.0 Å². The Morgan fingerprint density at radius 1 is 0.323 bits per heavy atom. The van der Waals surface area contributed by atoms with E-state index in [-0.39, 0.29) is 0 Å². The second-order valence-corrected chi connectivity index (χ2v) is 16.2. The van der Waals surface area contributed by atoms with Crippen molar-refractivity contribution in [1.82, 2.24) is 9.97 Å². The summed E-state index contributed by atoms with van der Waals surface area (Å²) in [6.07, 6.45) is 1.87. The molecule has 0 aliphatic rings. The van der Waals surface area contributed by atoms with E-state index in [1.807, 2.05) is 30.5 Å². The van der Waals surface area contributed by atoms with Gasteiger partial charge in [-0.1, -0.05) is 169 Å². The largest absolute Gasteiger partial charge is 0.256 e. The van der Waals surface area contributed by atoms with Crippen LogP contribution in [0, 0.1) is 55.4 Å². The van der Waals surface area contributed by atoms with Crippen molar-refractivity contribution in [2.45, 2.75) is 55.4 Å². The van der Waals surface area contributed by atoms with Gasteiger partial charge < -0.3 is 0 Å². The molecule has 0 radical (unpaired) electrons. The Morgan fingerprint density at radius 2 is 0.871 bits per heavy atom. The summed E-state index contributed by atoms with van der Waals surface area (Å²) in [4.78, 5) is 9.56. The Balaban J connectivity index is 0.000000170. The van der Waals surface area contributed by atoms with E-state index in [9.17, 15) is 0 Å². The number of hydrogen-bond donors (Lipinski definition) is 0. The molecular formula is C60H56N2. The minimum absolute atomic E-state index is 1.01. The van der Waals surface area contributed by atoms with Crippen LogP contribution in [0.2, 0.25) is 0 Å². The fraction of sp³-hybridized carbons (Fsp3) is 0.133. The van der Waals surface area contributed by atoms with Gasteiger partial charge in [0.25, 0.3) is 0 Å². The summed E-state index contributed by atoms with van der Waals surface area (Å²) < 4.78 is 0. The first-order valence-corrected chi connectivity index (χ1v) is 21.5. The maximum Gasteiger partial charge on any atom is 0.0733 e. The van der Waals surface area contributed by atoms with Crippen molar-refractivity contribution < 1.29 is 0 Å². The van der Waals surface area contributed by atoms with Crippen LogP contribution >= 0.6 is 0 Å². The standard InChI is InChI=1S/C32H27N.C21H21N.C7H8/c1-22-17-18-27(25-12-6-4-7-13-25)20-30(22)32-23(2)11-10-16-29(32)31-21-28(19-24(3)33-31)26-14-8-5-9-15-26;1-14-8-5-6-10-18(14)20-15(2)11-12-19(17(20)4)21-16(3)9-7-13-22-21;1-7-5-3-2-4-6-7/h4-21H,1-3H3;5-13H,1-4H3;2-6H,1H3. The van der Waals surface area contributed by atoms with Crippen molar-refractivity contribution in [3.8, 4) is 67.0 Å². The first-order chi connectivity index (χ1) is 30.1. The maximum absolute atomic E-state index is 4.97. The fourth-order valence-electron chi connectivity index (χ4n) is 8.22. The molecule has 2 heteroatoms. The molecule has 0 fully saturated rings. The zero-order chi connectivity index (χ0) is 43.6. The normalized spacial score (nSPS) is 10.6. The van der Waals surface area contributed by atoms with Gasteiger partial charge in [-0.2, -0.15) is 0 Å². The lowest BCUT2D eigenvalue weighted by molar-refractivity contribution is 1.20. The third-order valence-corrected chi connectivity index (χ3v) is 11.5. The first kappa shape index (κ1) is 42.9. The van der Waals surface area contributed by atoms with Crippen molar-refractivity contribution in [3.05, 3.63) is 239 Å². The molecule has 0 saturated heterocycles. The molecule has 9 rings (SSSR count). The predicted molar refractivity (Wildman–Crippen MR) is 265 cm³/mol. The smallest absolute Gasteiger partial charge is 0.0733 e. The summed E-state index contributed by atoms with van der Waals surface area (Å²) in [7, 11) is 0. The molecule has 2 nitrogen and oxygen atoms in total. The van der Waals surface area contributed by atoms with Gasteiger partial charge in [0.2, 0.25) is 0 Å². The first-order valence-electron chi connectivity index (χ1n) is 21.5. The van der Waals surface area contributed by atoms with E-state index in [0.29, 0.717) is 0 Å². The number of pyridine rings is 2. The van der Waals surface area contributed by atoms with Gasteiger partial charge in [0.15, 0.2) is 0 Å². The van der Waals surface area contributed by atoms with Crippen molar-refractivity contribution in [1.29, 1.82) is 0 Å². The topological polar surface area (TPSA) is 25.8 Å². The summed E-state index contributed by atoms with van der Waals surface area (Å²) in [5.41, 5.74) is 24.5. The molecule has 0 aliphatic carbocycles. The second-order valence-electron chi connectivity index (χ2n) is 16.2. The maximum atomic E-state index is 4.97. The highest BCUT2D eigenvalue weighted by Gasteiger charge is 2.17. The van der Waals surface area contributed by atoms with E-state index in [0.717, 1.165) is 17.1 Å². The average Bonchev–Trinajstić information content (AvgIpc) is 3.29. The van der Waals surface area contributed by atoms with Gasteiger partial charge in [-0.05, 0) is 158 Å². The average molecular weight is 805 g/mol. The molecule has 2 heterocycles. The van der Waals surface area contributed by atoms with Crippen LogP contribution in [0.15, 0.2) is 194 Å². The van der Waals surface area contributed by atoms with Crippen molar-refractivity contribution in [3.63, 3.8) is 0 Å². The molecule has 7 aromatic carbocycles. The molecule has 9 aromatic rings. The van der Waals surface area contributed by atoms with Crippen LogP contribution in [0.3, 0.4) is 0 Å². The van der Waals surface area contributed by atoms with Gasteiger partial charge in [-0.15, -0.1) is 0 Å². The van der Waals surface area contributed by atoms with Crippen LogP contribution in [-0.4, -0.2) is 9.97 Å². The Labute approximate surface area is 369 Å². The number of hydrogen-bond acceptors (Lipinski definition) is 2. The lowest BCUT2D eigenvalue weighted by Crippen LogP contribution is -1.96. The van der Waals surface area contributed by atoms with Crippen molar-refractivity contribution >= 4 is 0 Å². The van der Waals surface area contributed by atoms with E-state index in [1.54, 1.807) is 0 Å². The summed E-state index contributed by atoms with van der Waals surface area (Å²) in [5.74, 6) is 0. The Morgan fingerprint density at radius 3 is 1.52 bits per heavy atom. The number of benzene rings is 7. The molecule has 0 unspecified atom stereocenters. The van der Waals surface area contributed by atoms with Crippen LogP contribution in [-0.2, 0) is 0 Å². The zero-order valence-corrected chi connectivity index (χ0v) is 37.4. The summed E-state index contributed by atoms with van der Waals surface area (Å²) in [6.45, 7) is 17.2. The van der Waals surface area contributed by atoms with Crippen LogP contribution in [0.25, 0.3) is 67.0 Å². The minimum Gasteiger partial charge on any atom is -0.256 e. The molecule has 0 bridgehead atoms. The predicted octanol–water partition coefficient (Wildman–Crippen LogP) is 16.3. The van der Waals surface area contributed by atoms with Crippen molar-refractivity contribution in [2.75, 3.05) is 0 Å². The highest BCUT2D eigenvalue weighted by molar-refractivity contribution is 5.89. The van der Waals surface area contributed by atoms with E-state index >= 15 is 0 Å². The van der Waals surface area contributed by atoms with E-state index in [2.05, 4.69) is 224 Å². The molecule has 0 spiro atoms. The Bertz CT molecular complexity index is 2910. The van der Waals surface area contributed by atoms with Gasteiger partial charge in [0.1, 0.15) is 0 Å². The van der Waals surface area contributed by atoms with E-state index in [1.165, 1.54) is 94.6 Å². The molecule has 0 amide bonds. The third-order valence-electron chi connectivity index (χ3n) is 11.5. The number of aryl methyl sites for hydroxylation is 7. The molecule has 0 aliphatic heterocycles. The van der Waals surface area contributed by atoms with Crippen LogP contribution in [0.4, 0.5) is 0 Å². The number of aromatic nitrogens is 2. The quantitative estimate of drug-likeness (QED) is 0.167. The third kappa shape index (κ3) is 10.1. The van der Waals surface area contributed by atoms with Gasteiger partial charge >= 0.3 is 0 Å². The Hall–Kier alpha value is -7.16. The van der Waals surface area contributed by atoms with Gasteiger partial charge in [-0.25, -0.2) is 0 Å². The number of rotatable bonds is 6. The van der Waals surface area contributed by atoms with Crippen LogP contribution < -0.4 is 0 Å².